The Morgan fingerprint density at radius 1 is 1.25 bits per heavy atom. The molecular weight excluding hydrogens is 330 g/mol. The Hall–Kier alpha value is -1.79. The van der Waals surface area contributed by atoms with Crippen molar-refractivity contribution < 1.29 is 14.3 Å². The van der Waals surface area contributed by atoms with Crippen molar-refractivity contribution in [1.29, 1.82) is 0 Å². The molecule has 0 radical (unpaired) electrons. The van der Waals surface area contributed by atoms with Gasteiger partial charge in [0.05, 0.1) is 18.1 Å². The average Bonchev–Trinajstić information content (AvgIpc) is 2.96. The minimum absolute atomic E-state index is 0.0382. The van der Waals surface area contributed by atoms with Gasteiger partial charge in [0, 0.05) is 44.8 Å². The van der Waals surface area contributed by atoms with Crippen LogP contribution in [0.4, 0.5) is 5.69 Å². The summed E-state index contributed by atoms with van der Waals surface area (Å²) in [4.78, 5) is 30.8. The lowest BCUT2D eigenvalue weighted by Crippen LogP contribution is -2.49. The van der Waals surface area contributed by atoms with Gasteiger partial charge in [-0.15, -0.1) is 0 Å². The molecule has 0 saturated carbocycles. The first-order chi connectivity index (χ1) is 11.5. The topological polar surface area (TPSA) is 53.1 Å². The number of hydrogen-bond donors (Lipinski definition) is 0. The second kappa shape index (κ2) is 6.99. The molecule has 2 aliphatic heterocycles. The first-order valence-corrected chi connectivity index (χ1v) is 8.48. The molecule has 1 aromatic rings. The van der Waals surface area contributed by atoms with Crippen LogP contribution < -0.4 is 9.64 Å². The number of likely N-dealkylation sites (N-methyl/N-ethyl adjacent to an activating group) is 1. The molecule has 0 aliphatic carbocycles. The van der Waals surface area contributed by atoms with Crippen LogP contribution in [-0.2, 0) is 9.59 Å². The highest BCUT2D eigenvalue weighted by Crippen LogP contribution is 2.32. The molecule has 130 valence electrons. The van der Waals surface area contributed by atoms with Gasteiger partial charge in [-0.3, -0.25) is 9.59 Å². The fraction of sp³-hybridized carbons (Fsp3) is 0.529. The quantitative estimate of drug-likeness (QED) is 0.827. The number of nitrogens with zero attached hydrogens (tertiary/aromatic N) is 3. The molecule has 1 atom stereocenters. The number of hydrogen-bond acceptors (Lipinski definition) is 4. The van der Waals surface area contributed by atoms with Gasteiger partial charge in [0.1, 0.15) is 5.75 Å². The second-order valence-electron chi connectivity index (χ2n) is 6.35. The maximum absolute atomic E-state index is 12.7. The molecule has 0 bridgehead atoms. The van der Waals surface area contributed by atoms with Crippen molar-refractivity contribution in [3.8, 4) is 5.75 Å². The maximum atomic E-state index is 12.7. The van der Waals surface area contributed by atoms with Gasteiger partial charge in [-0.2, -0.15) is 0 Å². The summed E-state index contributed by atoms with van der Waals surface area (Å²) in [7, 11) is 3.60. The molecule has 2 saturated heterocycles. The van der Waals surface area contributed by atoms with Crippen molar-refractivity contribution in [2.45, 2.75) is 6.42 Å². The lowest BCUT2D eigenvalue weighted by atomic mass is 10.1. The van der Waals surface area contributed by atoms with Gasteiger partial charge in [-0.05, 0) is 25.2 Å². The number of anilines is 1. The highest BCUT2D eigenvalue weighted by Gasteiger charge is 2.37. The van der Waals surface area contributed by atoms with Crippen molar-refractivity contribution in [2.75, 3.05) is 51.8 Å². The van der Waals surface area contributed by atoms with E-state index in [2.05, 4.69) is 11.9 Å². The van der Waals surface area contributed by atoms with E-state index in [-0.39, 0.29) is 24.2 Å². The van der Waals surface area contributed by atoms with E-state index in [4.69, 9.17) is 16.3 Å². The zero-order valence-corrected chi connectivity index (χ0v) is 14.8. The van der Waals surface area contributed by atoms with Gasteiger partial charge in [0.25, 0.3) is 0 Å². The molecule has 24 heavy (non-hydrogen) atoms. The molecule has 0 N–H and O–H groups in total. The van der Waals surface area contributed by atoms with Gasteiger partial charge in [0.2, 0.25) is 11.8 Å². The summed E-state index contributed by atoms with van der Waals surface area (Å²) in [6.45, 7) is 3.63. The number of methoxy groups -OCH3 is 1. The third-order valence-corrected chi connectivity index (χ3v) is 5.03. The van der Waals surface area contributed by atoms with Crippen LogP contribution in [0, 0.1) is 5.92 Å². The fourth-order valence-corrected chi connectivity index (χ4v) is 3.48. The Bertz CT molecular complexity index is 644. The lowest BCUT2D eigenvalue weighted by Gasteiger charge is -2.33. The van der Waals surface area contributed by atoms with Gasteiger partial charge < -0.3 is 19.4 Å². The summed E-state index contributed by atoms with van der Waals surface area (Å²) in [5.41, 5.74) is 0.708. The molecule has 1 unspecified atom stereocenters. The number of benzene rings is 1. The number of carbonyl (C=O) groups excluding carboxylic acids is 2. The Labute approximate surface area is 146 Å². The fourth-order valence-electron chi connectivity index (χ4n) is 3.23. The van der Waals surface area contributed by atoms with Crippen LogP contribution in [-0.4, -0.2) is 68.5 Å². The monoisotopic (exact) mass is 351 g/mol. The summed E-state index contributed by atoms with van der Waals surface area (Å²) in [6.07, 6.45) is 0.259. The highest BCUT2D eigenvalue weighted by molar-refractivity contribution is 6.32. The summed E-state index contributed by atoms with van der Waals surface area (Å²) in [5.74, 6) is 0.334. The molecule has 2 amide bonds. The van der Waals surface area contributed by atoms with E-state index in [9.17, 15) is 9.59 Å². The summed E-state index contributed by atoms with van der Waals surface area (Å²) in [6, 6.07) is 5.24. The van der Waals surface area contributed by atoms with Crippen LogP contribution >= 0.6 is 11.6 Å². The lowest BCUT2D eigenvalue weighted by molar-refractivity contribution is -0.137. The molecule has 0 aromatic heterocycles. The molecular formula is C17H22ClN3O3. The number of rotatable bonds is 3. The van der Waals surface area contributed by atoms with E-state index in [1.807, 2.05) is 4.90 Å². The number of piperazine rings is 1. The van der Waals surface area contributed by atoms with Crippen molar-refractivity contribution in [1.82, 2.24) is 9.80 Å². The van der Waals surface area contributed by atoms with Gasteiger partial charge in [-0.1, -0.05) is 11.6 Å². The molecule has 7 heteroatoms. The average molecular weight is 352 g/mol. The van der Waals surface area contributed by atoms with E-state index in [0.717, 1.165) is 26.2 Å². The van der Waals surface area contributed by atoms with Crippen LogP contribution in [0.2, 0.25) is 5.02 Å². The molecule has 2 fully saturated rings. The van der Waals surface area contributed by atoms with E-state index < -0.39 is 0 Å². The van der Waals surface area contributed by atoms with Crippen LogP contribution in [0.5, 0.6) is 5.75 Å². The largest absolute Gasteiger partial charge is 0.495 e. The predicted molar refractivity (Wildman–Crippen MR) is 92.5 cm³/mol. The number of carbonyl (C=O) groups is 2. The van der Waals surface area contributed by atoms with Gasteiger partial charge in [0.15, 0.2) is 0 Å². The van der Waals surface area contributed by atoms with Crippen LogP contribution in [0.25, 0.3) is 0 Å². The predicted octanol–water partition coefficient (Wildman–Crippen LogP) is 1.48. The Morgan fingerprint density at radius 2 is 1.96 bits per heavy atom. The van der Waals surface area contributed by atoms with Crippen molar-refractivity contribution in [2.24, 2.45) is 5.92 Å². The van der Waals surface area contributed by atoms with Gasteiger partial charge in [-0.25, -0.2) is 0 Å². The number of ether oxygens (including phenoxy) is 1. The normalized spacial score (nSPS) is 22.1. The summed E-state index contributed by atoms with van der Waals surface area (Å²) in [5, 5.41) is 0.455. The maximum Gasteiger partial charge on any atom is 0.228 e. The zero-order valence-electron chi connectivity index (χ0n) is 14.0. The Kier molecular flexibility index (Phi) is 4.96. The first-order valence-electron chi connectivity index (χ1n) is 8.11. The zero-order chi connectivity index (χ0) is 17.3. The van der Waals surface area contributed by atoms with E-state index in [0.29, 0.717) is 23.0 Å². The molecule has 2 aliphatic rings. The second-order valence-corrected chi connectivity index (χ2v) is 6.76. The summed E-state index contributed by atoms with van der Waals surface area (Å²) >= 11 is 6.15. The minimum Gasteiger partial charge on any atom is -0.495 e. The SMILES string of the molecule is COc1ccc(N2CC(C(=O)N3CCN(C)CC3)CC2=O)cc1Cl. The van der Waals surface area contributed by atoms with Crippen molar-refractivity contribution in [3.63, 3.8) is 0 Å². The van der Waals surface area contributed by atoms with Crippen molar-refractivity contribution >= 4 is 29.1 Å². The Balaban J connectivity index is 1.69. The van der Waals surface area contributed by atoms with E-state index in [1.54, 1.807) is 30.2 Å². The minimum atomic E-state index is -0.276. The number of amides is 2. The molecule has 6 nitrogen and oxygen atoms in total. The molecule has 2 heterocycles. The van der Waals surface area contributed by atoms with E-state index in [1.165, 1.54) is 0 Å². The third-order valence-electron chi connectivity index (χ3n) is 4.74. The van der Waals surface area contributed by atoms with Crippen molar-refractivity contribution in [3.05, 3.63) is 23.2 Å². The molecule has 3 rings (SSSR count). The van der Waals surface area contributed by atoms with E-state index >= 15 is 0 Å². The number of halogens is 1. The van der Waals surface area contributed by atoms with Crippen LogP contribution in [0.1, 0.15) is 6.42 Å². The van der Waals surface area contributed by atoms with Crippen LogP contribution in [0.3, 0.4) is 0 Å². The first kappa shape index (κ1) is 17.0. The highest BCUT2D eigenvalue weighted by atomic mass is 35.5. The Morgan fingerprint density at radius 3 is 2.58 bits per heavy atom. The van der Waals surface area contributed by atoms with Crippen LogP contribution in [0.15, 0.2) is 18.2 Å². The standard InChI is InChI=1S/C17H22ClN3O3/c1-19-5-7-20(8-6-19)17(23)12-9-16(22)21(11-12)13-3-4-15(24-2)14(18)10-13/h3-4,10,12H,5-9,11H2,1-2H3. The van der Waals surface area contributed by atoms with Gasteiger partial charge >= 0.3 is 0 Å². The third kappa shape index (κ3) is 3.35. The summed E-state index contributed by atoms with van der Waals surface area (Å²) < 4.78 is 5.14. The molecule has 1 aromatic carbocycles. The molecule has 0 spiro atoms. The smallest absolute Gasteiger partial charge is 0.228 e.